The van der Waals surface area contributed by atoms with Gasteiger partial charge in [-0.3, -0.25) is 14.4 Å². The molecule has 7 heteroatoms. The summed E-state index contributed by atoms with van der Waals surface area (Å²) in [7, 11) is 0. The van der Waals surface area contributed by atoms with Crippen LogP contribution in [0.15, 0.2) is 48.5 Å². The highest BCUT2D eigenvalue weighted by molar-refractivity contribution is 6.33. The average molecular weight is 387 g/mol. The lowest BCUT2D eigenvalue weighted by Gasteiger charge is -2.17. The summed E-state index contributed by atoms with van der Waals surface area (Å²) >= 11 is 6.12. The quantitative estimate of drug-likeness (QED) is 0.801. The zero-order chi connectivity index (χ0) is 19.4. The summed E-state index contributed by atoms with van der Waals surface area (Å²) < 4.78 is 5.08. The molecule has 2 aromatic carbocycles. The van der Waals surface area contributed by atoms with Crippen LogP contribution in [0.1, 0.15) is 12.0 Å². The maximum atomic E-state index is 12.2. The first kappa shape index (κ1) is 18.9. The summed E-state index contributed by atoms with van der Waals surface area (Å²) in [6, 6.07) is 14.2. The highest BCUT2D eigenvalue weighted by Crippen LogP contribution is 2.31. The molecule has 27 heavy (non-hydrogen) atoms. The predicted molar refractivity (Wildman–Crippen MR) is 103 cm³/mol. The fourth-order valence-electron chi connectivity index (χ4n) is 2.86. The minimum absolute atomic E-state index is 0.0314. The van der Waals surface area contributed by atoms with Gasteiger partial charge in [0.25, 0.3) is 5.91 Å². The molecule has 0 radical (unpaired) electrons. The largest absolute Gasteiger partial charge is 0.455 e. The van der Waals surface area contributed by atoms with Crippen molar-refractivity contribution in [1.29, 1.82) is 0 Å². The molecule has 1 fully saturated rings. The number of halogens is 1. The van der Waals surface area contributed by atoms with Gasteiger partial charge in [0.05, 0.1) is 16.6 Å². The Morgan fingerprint density at radius 3 is 2.59 bits per heavy atom. The predicted octanol–water partition coefficient (Wildman–Crippen LogP) is 3.18. The number of ether oxygens (including phenoxy) is 1. The molecule has 1 saturated heterocycles. The van der Waals surface area contributed by atoms with Crippen LogP contribution in [0.4, 0.5) is 11.4 Å². The summed E-state index contributed by atoms with van der Waals surface area (Å²) in [4.78, 5) is 37.9. The monoisotopic (exact) mass is 386 g/mol. The second kappa shape index (κ2) is 8.22. The van der Waals surface area contributed by atoms with Crippen molar-refractivity contribution >= 4 is 40.8 Å². The van der Waals surface area contributed by atoms with Crippen molar-refractivity contribution in [3.63, 3.8) is 0 Å². The molecule has 1 atom stereocenters. The minimum Gasteiger partial charge on any atom is -0.455 e. The first-order chi connectivity index (χ1) is 12.9. The van der Waals surface area contributed by atoms with Crippen molar-refractivity contribution in [2.75, 3.05) is 23.4 Å². The van der Waals surface area contributed by atoms with E-state index in [4.69, 9.17) is 16.3 Å². The molecule has 1 N–H and O–H groups in total. The van der Waals surface area contributed by atoms with E-state index in [1.807, 2.05) is 19.1 Å². The number of rotatable bonds is 5. The lowest BCUT2D eigenvalue weighted by molar-refractivity contribution is -0.151. The molecule has 0 bridgehead atoms. The van der Waals surface area contributed by atoms with Crippen molar-refractivity contribution in [1.82, 2.24) is 0 Å². The Morgan fingerprint density at radius 1 is 1.19 bits per heavy atom. The van der Waals surface area contributed by atoms with Crippen molar-refractivity contribution in [2.45, 2.75) is 13.3 Å². The first-order valence-electron chi connectivity index (χ1n) is 8.52. The first-order valence-corrected chi connectivity index (χ1v) is 8.90. The Balaban J connectivity index is 1.53. The highest BCUT2D eigenvalue weighted by Gasteiger charge is 2.37. The highest BCUT2D eigenvalue weighted by atomic mass is 35.5. The van der Waals surface area contributed by atoms with Gasteiger partial charge in [-0.2, -0.15) is 0 Å². The number of hydrogen-bond donors (Lipinski definition) is 1. The van der Waals surface area contributed by atoms with Crippen LogP contribution in [0.3, 0.4) is 0 Å². The Kier molecular flexibility index (Phi) is 5.76. The smallest absolute Gasteiger partial charge is 0.311 e. The number of carbonyl (C=O) groups excluding carboxylic acids is 3. The van der Waals surface area contributed by atoms with Crippen LogP contribution in [-0.2, 0) is 19.1 Å². The molecule has 0 spiro atoms. The number of nitrogens with zero attached hydrogens (tertiary/aromatic N) is 1. The summed E-state index contributed by atoms with van der Waals surface area (Å²) in [6.07, 6.45) is 0.0314. The fraction of sp³-hybridized carbons (Fsp3) is 0.250. The average Bonchev–Trinajstić information content (AvgIpc) is 3.04. The second-order valence-corrected chi connectivity index (χ2v) is 6.79. The van der Waals surface area contributed by atoms with E-state index in [2.05, 4.69) is 5.32 Å². The van der Waals surface area contributed by atoms with Crippen LogP contribution in [-0.4, -0.2) is 30.9 Å². The van der Waals surface area contributed by atoms with Crippen LogP contribution >= 0.6 is 11.6 Å². The number of aryl methyl sites for hydroxylation is 1. The number of anilines is 2. The Labute approximate surface area is 162 Å². The molecular weight excluding hydrogens is 368 g/mol. The van der Waals surface area contributed by atoms with Crippen LogP contribution in [0.25, 0.3) is 0 Å². The topological polar surface area (TPSA) is 75.7 Å². The van der Waals surface area contributed by atoms with Crippen LogP contribution in [0.5, 0.6) is 0 Å². The van der Waals surface area contributed by atoms with Crippen molar-refractivity contribution in [3.05, 3.63) is 59.1 Å². The molecule has 2 amide bonds. The lowest BCUT2D eigenvalue weighted by atomic mass is 10.1. The zero-order valence-electron chi connectivity index (χ0n) is 14.8. The molecule has 2 aromatic rings. The van der Waals surface area contributed by atoms with Gasteiger partial charge in [0.15, 0.2) is 6.61 Å². The third kappa shape index (κ3) is 4.65. The number of benzene rings is 2. The third-order valence-corrected chi connectivity index (χ3v) is 4.60. The van der Waals surface area contributed by atoms with Crippen molar-refractivity contribution < 1.29 is 19.1 Å². The maximum Gasteiger partial charge on any atom is 0.311 e. The number of para-hydroxylation sites is 1. The Bertz CT molecular complexity index is 867. The number of hydrogen-bond acceptors (Lipinski definition) is 4. The Hall–Kier alpha value is -2.86. The van der Waals surface area contributed by atoms with Gasteiger partial charge in [-0.05, 0) is 31.2 Å². The van der Waals surface area contributed by atoms with Gasteiger partial charge in [0.1, 0.15) is 0 Å². The standard InChI is InChI=1S/C20H19ClN2O4/c1-13-6-8-15(9-7-13)22-18(24)12-27-20(26)14-10-19(25)23(11-14)17-5-3-2-4-16(17)21/h2-9,14H,10-12H2,1H3,(H,22,24)/t14-/m0/s1. The van der Waals surface area contributed by atoms with Gasteiger partial charge >= 0.3 is 5.97 Å². The second-order valence-electron chi connectivity index (χ2n) is 6.38. The molecule has 1 aliphatic heterocycles. The van der Waals surface area contributed by atoms with Gasteiger partial charge < -0.3 is 15.0 Å². The number of esters is 1. The minimum atomic E-state index is -0.624. The van der Waals surface area contributed by atoms with E-state index >= 15 is 0 Å². The van der Waals surface area contributed by atoms with E-state index in [1.165, 1.54) is 4.90 Å². The molecule has 6 nitrogen and oxygen atoms in total. The zero-order valence-corrected chi connectivity index (χ0v) is 15.5. The van der Waals surface area contributed by atoms with E-state index in [-0.39, 0.29) is 18.9 Å². The molecule has 140 valence electrons. The van der Waals surface area contributed by atoms with E-state index in [0.717, 1.165) is 5.56 Å². The van der Waals surface area contributed by atoms with Gasteiger partial charge in [-0.25, -0.2) is 0 Å². The van der Waals surface area contributed by atoms with Gasteiger partial charge in [-0.15, -0.1) is 0 Å². The molecule has 0 aliphatic carbocycles. The van der Waals surface area contributed by atoms with E-state index < -0.39 is 24.4 Å². The van der Waals surface area contributed by atoms with Gasteiger partial charge in [-0.1, -0.05) is 41.4 Å². The molecule has 3 rings (SSSR count). The van der Waals surface area contributed by atoms with E-state index in [1.54, 1.807) is 36.4 Å². The number of carbonyl (C=O) groups is 3. The third-order valence-electron chi connectivity index (χ3n) is 4.28. The SMILES string of the molecule is Cc1ccc(NC(=O)COC(=O)[C@H]2CC(=O)N(c3ccccc3Cl)C2)cc1. The molecule has 0 aromatic heterocycles. The van der Waals surface area contributed by atoms with E-state index in [9.17, 15) is 14.4 Å². The summed E-state index contributed by atoms with van der Waals surface area (Å²) in [5.74, 6) is -1.83. The molecule has 1 aliphatic rings. The maximum absolute atomic E-state index is 12.2. The summed E-state index contributed by atoms with van der Waals surface area (Å²) in [6.45, 7) is 1.73. The lowest BCUT2D eigenvalue weighted by Crippen LogP contribution is -2.28. The molecule has 0 saturated carbocycles. The van der Waals surface area contributed by atoms with Crippen LogP contribution in [0, 0.1) is 12.8 Å². The molecule has 1 heterocycles. The number of nitrogens with one attached hydrogen (secondary N) is 1. The normalized spacial score (nSPS) is 16.3. The van der Waals surface area contributed by atoms with Crippen LogP contribution < -0.4 is 10.2 Å². The van der Waals surface area contributed by atoms with Gasteiger partial charge in [0.2, 0.25) is 5.91 Å². The van der Waals surface area contributed by atoms with E-state index in [0.29, 0.717) is 16.4 Å². The molecule has 0 unspecified atom stereocenters. The molecular formula is C20H19ClN2O4. The fourth-order valence-corrected chi connectivity index (χ4v) is 3.10. The summed E-state index contributed by atoms with van der Waals surface area (Å²) in [5.41, 5.74) is 2.27. The van der Waals surface area contributed by atoms with Gasteiger partial charge in [0, 0.05) is 18.7 Å². The number of amides is 2. The van der Waals surface area contributed by atoms with Crippen LogP contribution in [0.2, 0.25) is 5.02 Å². The van der Waals surface area contributed by atoms with Crippen molar-refractivity contribution in [2.24, 2.45) is 5.92 Å². The van der Waals surface area contributed by atoms with Crippen molar-refractivity contribution in [3.8, 4) is 0 Å². The summed E-state index contributed by atoms with van der Waals surface area (Å²) in [5, 5.41) is 3.10. The Morgan fingerprint density at radius 2 is 1.89 bits per heavy atom.